The van der Waals surface area contributed by atoms with E-state index in [1.54, 1.807) is 0 Å². The first-order valence-corrected chi connectivity index (χ1v) is 11.1. The van der Waals surface area contributed by atoms with Gasteiger partial charge in [0, 0.05) is 6.54 Å². The molecule has 0 amide bonds. The summed E-state index contributed by atoms with van der Waals surface area (Å²) in [6.07, 6.45) is 1.26. The average molecular weight is 391 g/mol. The topological polar surface area (TPSA) is 56.8 Å². The van der Waals surface area contributed by atoms with Gasteiger partial charge < -0.3 is 9.05 Å². The van der Waals surface area contributed by atoms with Crippen LogP contribution in [-0.2, 0) is 31.5 Å². The summed E-state index contributed by atoms with van der Waals surface area (Å²) >= 11 is 0. The monoisotopic (exact) mass is 391 g/mol. The van der Waals surface area contributed by atoms with Crippen LogP contribution in [0.25, 0.3) is 0 Å². The fourth-order valence-corrected chi connectivity index (χ4v) is 4.97. The van der Waals surface area contributed by atoms with E-state index in [0.717, 1.165) is 11.1 Å². The van der Waals surface area contributed by atoms with Crippen molar-refractivity contribution in [1.82, 2.24) is 5.48 Å². The quantitative estimate of drug-likeness (QED) is 0.297. The molecule has 1 atom stereocenters. The van der Waals surface area contributed by atoms with E-state index >= 15 is 0 Å². The summed E-state index contributed by atoms with van der Waals surface area (Å²) < 4.78 is 24.5. The SMILES string of the molecule is CCOP(=O)(OCC)C(CCNOCc1ccccc1)Cc1ccccc1. The van der Waals surface area contributed by atoms with Crippen LogP contribution in [-0.4, -0.2) is 25.4 Å². The molecule has 0 radical (unpaired) electrons. The van der Waals surface area contributed by atoms with Crippen LogP contribution in [0.1, 0.15) is 31.4 Å². The maximum Gasteiger partial charge on any atom is 0.334 e. The molecule has 0 heterocycles. The van der Waals surface area contributed by atoms with Crippen molar-refractivity contribution in [1.29, 1.82) is 0 Å². The van der Waals surface area contributed by atoms with E-state index in [2.05, 4.69) is 5.48 Å². The van der Waals surface area contributed by atoms with Gasteiger partial charge in [-0.15, -0.1) is 0 Å². The largest absolute Gasteiger partial charge is 0.334 e. The zero-order chi connectivity index (χ0) is 19.4. The Labute approximate surface area is 162 Å². The Hall–Kier alpha value is -1.49. The van der Waals surface area contributed by atoms with E-state index in [1.807, 2.05) is 74.5 Å². The van der Waals surface area contributed by atoms with Crippen molar-refractivity contribution < 1.29 is 18.5 Å². The summed E-state index contributed by atoms with van der Waals surface area (Å²) in [6.45, 7) is 5.45. The van der Waals surface area contributed by atoms with Crippen LogP contribution in [0.15, 0.2) is 60.7 Å². The fraction of sp³-hybridized carbons (Fsp3) is 0.429. The first-order chi connectivity index (χ1) is 13.2. The van der Waals surface area contributed by atoms with Gasteiger partial charge in [-0.2, -0.15) is 0 Å². The molecular weight excluding hydrogens is 361 g/mol. The third kappa shape index (κ3) is 7.57. The molecule has 6 heteroatoms. The lowest BCUT2D eigenvalue weighted by Gasteiger charge is -2.26. The lowest BCUT2D eigenvalue weighted by Crippen LogP contribution is -2.24. The highest BCUT2D eigenvalue weighted by Gasteiger charge is 2.35. The first-order valence-electron chi connectivity index (χ1n) is 9.49. The van der Waals surface area contributed by atoms with E-state index < -0.39 is 7.60 Å². The van der Waals surface area contributed by atoms with Gasteiger partial charge in [0.1, 0.15) is 0 Å². The van der Waals surface area contributed by atoms with Crippen molar-refractivity contribution in [3.8, 4) is 0 Å². The second-order valence-corrected chi connectivity index (χ2v) is 8.50. The number of nitrogens with one attached hydrogen (secondary N) is 1. The van der Waals surface area contributed by atoms with Gasteiger partial charge >= 0.3 is 7.60 Å². The summed E-state index contributed by atoms with van der Waals surface area (Å²) in [5, 5.41) is 0. The summed E-state index contributed by atoms with van der Waals surface area (Å²) in [4.78, 5) is 5.53. The van der Waals surface area contributed by atoms with E-state index in [-0.39, 0.29) is 5.66 Å². The second-order valence-electron chi connectivity index (χ2n) is 6.18. The van der Waals surface area contributed by atoms with Gasteiger partial charge in [0.05, 0.1) is 25.5 Å². The summed E-state index contributed by atoms with van der Waals surface area (Å²) in [5.41, 5.74) is 4.96. The molecule has 0 fully saturated rings. The molecule has 0 saturated carbocycles. The number of benzene rings is 2. The highest BCUT2D eigenvalue weighted by molar-refractivity contribution is 7.54. The van der Waals surface area contributed by atoms with Crippen LogP contribution in [0.4, 0.5) is 0 Å². The number of hydrogen-bond acceptors (Lipinski definition) is 5. The van der Waals surface area contributed by atoms with Crippen LogP contribution < -0.4 is 5.48 Å². The van der Waals surface area contributed by atoms with Crippen LogP contribution in [0.3, 0.4) is 0 Å². The normalized spacial score (nSPS) is 12.8. The van der Waals surface area contributed by atoms with Crippen LogP contribution in [0, 0.1) is 0 Å². The van der Waals surface area contributed by atoms with E-state index in [4.69, 9.17) is 13.9 Å². The van der Waals surface area contributed by atoms with Crippen molar-refractivity contribution in [3.63, 3.8) is 0 Å². The van der Waals surface area contributed by atoms with Crippen LogP contribution in [0.5, 0.6) is 0 Å². The minimum absolute atomic E-state index is 0.229. The second kappa shape index (κ2) is 12.1. The molecule has 1 unspecified atom stereocenters. The minimum atomic E-state index is -3.20. The Morgan fingerprint density at radius 3 is 2.00 bits per heavy atom. The zero-order valence-corrected chi connectivity index (χ0v) is 17.1. The molecule has 148 valence electrons. The molecule has 0 bridgehead atoms. The molecule has 27 heavy (non-hydrogen) atoms. The zero-order valence-electron chi connectivity index (χ0n) is 16.2. The van der Waals surface area contributed by atoms with Gasteiger partial charge in [-0.25, -0.2) is 5.48 Å². The summed E-state index contributed by atoms with van der Waals surface area (Å²) in [7, 11) is -3.20. The number of hydrogen-bond donors (Lipinski definition) is 1. The van der Waals surface area contributed by atoms with E-state index in [9.17, 15) is 4.57 Å². The van der Waals surface area contributed by atoms with Crippen molar-refractivity contribution in [2.24, 2.45) is 0 Å². The van der Waals surface area contributed by atoms with Gasteiger partial charge in [0.25, 0.3) is 0 Å². The number of rotatable bonds is 13. The molecule has 0 aliphatic rings. The molecule has 1 N–H and O–H groups in total. The van der Waals surface area contributed by atoms with Crippen molar-refractivity contribution in [2.45, 2.75) is 39.0 Å². The minimum Gasteiger partial charge on any atom is -0.309 e. The van der Waals surface area contributed by atoms with Crippen LogP contribution in [0.2, 0.25) is 0 Å². The fourth-order valence-electron chi connectivity index (χ4n) is 2.87. The first kappa shape index (κ1) is 21.8. The van der Waals surface area contributed by atoms with Gasteiger partial charge in [0.2, 0.25) is 0 Å². The molecule has 2 aromatic carbocycles. The third-order valence-corrected chi connectivity index (χ3v) is 6.71. The van der Waals surface area contributed by atoms with E-state index in [1.165, 1.54) is 0 Å². The Balaban J connectivity index is 1.93. The Bertz CT molecular complexity index is 671. The molecule has 0 aromatic heterocycles. The Morgan fingerprint density at radius 1 is 0.889 bits per heavy atom. The predicted molar refractivity (Wildman–Crippen MR) is 109 cm³/mol. The molecule has 2 aromatic rings. The molecule has 5 nitrogen and oxygen atoms in total. The molecule has 0 aliphatic heterocycles. The summed E-state index contributed by atoms with van der Waals surface area (Å²) in [5.74, 6) is 0. The van der Waals surface area contributed by atoms with Gasteiger partial charge in [0.15, 0.2) is 0 Å². The van der Waals surface area contributed by atoms with Gasteiger partial charge in [-0.05, 0) is 37.8 Å². The third-order valence-electron chi connectivity index (χ3n) is 4.14. The van der Waals surface area contributed by atoms with Crippen LogP contribution >= 0.6 is 7.60 Å². The predicted octanol–water partition coefficient (Wildman–Crippen LogP) is 4.98. The Kier molecular flexibility index (Phi) is 9.74. The maximum absolute atomic E-state index is 13.3. The van der Waals surface area contributed by atoms with Crippen molar-refractivity contribution in [2.75, 3.05) is 19.8 Å². The van der Waals surface area contributed by atoms with Gasteiger partial charge in [-0.3, -0.25) is 9.40 Å². The smallest absolute Gasteiger partial charge is 0.309 e. The Morgan fingerprint density at radius 2 is 1.44 bits per heavy atom. The lowest BCUT2D eigenvalue weighted by atomic mass is 10.1. The average Bonchev–Trinajstić information content (AvgIpc) is 2.69. The number of hydroxylamine groups is 1. The molecule has 0 spiro atoms. The van der Waals surface area contributed by atoms with Crippen molar-refractivity contribution in [3.05, 3.63) is 71.8 Å². The molecule has 0 saturated heterocycles. The highest BCUT2D eigenvalue weighted by atomic mass is 31.2. The summed E-state index contributed by atoms with van der Waals surface area (Å²) in [6, 6.07) is 20.0. The molecular formula is C21H30NO4P. The highest BCUT2D eigenvalue weighted by Crippen LogP contribution is 2.55. The standard InChI is InChI=1S/C21H30NO4P/c1-3-25-27(23,26-4-2)21(17-19-11-7-5-8-12-19)15-16-22-24-18-20-13-9-6-10-14-20/h5-14,21-22H,3-4,15-18H2,1-2H3. The lowest BCUT2D eigenvalue weighted by molar-refractivity contribution is 0.0270. The maximum atomic E-state index is 13.3. The van der Waals surface area contributed by atoms with Gasteiger partial charge in [-0.1, -0.05) is 60.7 Å². The van der Waals surface area contributed by atoms with E-state index in [0.29, 0.717) is 39.2 Å². The molecule has 0 aliphatic carbocycles. The van der Waals surface area contributed by atoms with Crippen molar-refractivity contribution >= 4 is 7.60 Å². The molecule has 2 rings (SSSR count).